The highest BCUT2D eigenvalue weighted by molar-refractivity contribution is 14.1. The number of allylic oxidation sites excluding steroid dienone is 4. The monoisotopic (exact) mass is 386 g/mol. The smallest absolute Gasteiger partial charge is 0.0503 e. The van der Waals surface area contributed by atoms with Gasteiger partial charge in [0.1, 0.15) is 0 Å². The Labute approximate surface area is 140 Å². The van der Waals surface area contributed by atoms with Crippen molar-refractivity contribution in [3.8, 4) is 0 Å². The number of benzene rings is 2. The molecular formula is C20H19I. The zero-order valence-electron chi connectivity index (χ0n) is 12.0. The standard InChI is InChI=1S/C20H19I/c21-16-20(17-10-4-1-5-11-17,18-12-6-2-7-13-18)19-14-8-3-9-15-19/h1-8,10-14H,9,15-16H2. The van der Waals surface area contributed by atoms with E-state index in [1.807, 2.05) is 0 Å². The van der Waals surface area contributed by atoms with Crippen molar-refractivity contribution in [3.05, 3.63) is 95.6 Å². The van der Waals surface area contributed by atoms with E-state index in [2.05, 4.69) is 101 Å². The molecule has 21 heavy (non-hydrogen) atoms. The molecule has 0 nitrogen and oxygen atoms in total. The molecule has 2 aromatic rings. The Hall–Kier alpha value is -1.35. The van der Waals surface area contributed by atoms with Gasteiger partial charge in [-0.2, -0.15) is 0 Å². The van der Waals surface area contributed by atoms with Crippen LogP contribution >= 0.6 is 22.6 Å². The lowest BCUT2D eigenvalue weighted by atomic mass is 9.68. The molecule has 0 bridgehead atoms. The molecule has 0 heterocycles. The summed E-state index contributed by atoms with van der Waals surface area (Å²) in [6.07, 6.45) is 9.08. The van der Waals surface area contributed by atoms with Gasteiger partial charge in [0.2, 0.25) is 0 Å². The number of rotatable bonds is 4. The maximum atomic E-state index is 2.55. The molecule has 0 saturated heterocycles. The quantitative estimate of drug-likeness (QED) is 0.468. The molecule has 0 spiro atoms. The van der Waals surface area contributed by atoms with Crippen LogP contribution in [0.2, 0.25) is 0 Å². The van der Waals surface area contributed by atoms with E-state index in [1.165, 1.54) is 16.7 Å². The maximum Gasteiger partial charge on any atom is 0.0503 e. The summed E-state index contributed by atoms with van der Waals surface area (Å²) in [5.41, 5.74) is 4.31. The molecule has 0 amide bonds. The minimum Gasteiger partial charge on any atom is -0.0847 e. The Morgan fingerprint density at radius 1 is 0.857 bits per heavy atom. The Balaban J connectivity index is 2.23. The Morgan fingerprint density at radius 3 is 1.86 bits per heavy atom. The predicted molar refractivity (Wildman–Crippen MR) is 99.0 cm³/mol. The molecule has 2 aromatic carbocycles. The van der Waals surface area contributed by atoms with Crippen LogP contribution in [0.5, 0.6) is 0 Å². The highest BCUT2D eigenvalue weighted by atomic mass is 127. The van der Waals surface area contributed by atoms with Crippen LogP contribution in [-0.2, 0) is 5.41 Å². The first-order chi connectivity index (χ1) is 10.4. The van der Waals surface area contributed by atoms with Crippen molar-refractivity contribution in [1.29, 1.82) is 0 Å². The van der Waals surface area contributed by atoms with Crippen molar-refractivity contribution in [2.24, 2.45) is 0 Å². The highest BCUT2D eigenvalue weighted by Crippen LogP contribution is 2.43. The molecule has 0 fully saturated rings. The largest absolute Gasteiger partial charge is 0.0847 e. The average Bonchev–Trinajstić information content (AvgIpc) is 2.59. The number of hydrogen-bond acceptors (Lipinski definition) is 0. The van der Waals surface area contributed by atoms with Crippen LogP contribution in [0.15, 0.2) is 84.5 Å². The summed E-state index contributed by atoms with van der Waals surface area (Å²) in [5.74, 6) is 0. The van der Waals surface area contributed by atoms with Crippen LogP contribution in [0, 0.1) is 0 Å². The third kappa shape index (κ3) is 2.71. The van der Waals surface area contributed by atoms with Crippen molar-refractivity contribution in [2.75, 3.05) is 4.43 Å². The summed E-state index contributed by atoms with van der Waals surface area (Å²) >= 11 is 2.55. The average molecular weight is 386 g/mol. The lowest BCUT2D eigenvalue weighted by Gasteiger charge is -2.37. The summed E-state index contributed by atoms with van der Waals surface area (Å²) < 4.78 is 1.05. The summed E-state index contributed by atoms with van der Waals surface area (Å²) in [4.78, 5) is 0. The van der Waals surface area contributed by atoms with Gasteiger partial charge in [0.05, 0.1) is 5.41 Å². The van der Waals surface area contributed by atoms with E-state index in [9.17, 15) is 0 Å². The Kier molecular flexibility index (Phi) is 4.59. The van der Waals surface area contributed by atoms with E-state index < -0.39 is 0 Å². The number of halogens is 1. The van der Waals surface area contributed by atoms with Crippen molar-refractivity contribution in [2.45, 2.75) is 18.3 Å². The molecule has 0 atom stereocenters. The fourth-order valence-electron chi connectivity index (χ4n) is 3.18. The number of hydrogen-bond donors (Lipinski definition) is 0. The van der Waals surface area contributed by atoms with Gasteiger partial charge in [0.25, 0.3) is 0 Å². The van der Waals surface area contributed by atoms with Gasteiger partial charge in [-0.3, -0.25) is 0 Å². The molecule has 0 radical (unpaired) electrons. The lowest BCUT2D eigenvalue weighted by molar-refractivity contribution is 0.653. The van der Waals surface area contributed by atoms with E-state index in [0.717, 1.165) is 17.3 Å². The van der Waals surface area contributed by atoms with Gasteiger partial charge in [0, 0.05) is 4.43 Å². The van der Waals surface area contributed by atoms with Crippen molar-refractivity contribution >= 4 is 22.6 Å². The first kappa shape index (κ1) is 14.6. The normalized spacial score (nSPS) is 14.8. The third-order valence-corrected chi connectivity index (χ3v) is 5.44. The van der Waals surface area contributed by atoms with Gasteiger partial charge < -0.3 is 0 Å². The first-order valence-electron chi connectivity index (χ1n) is 7.41. The second-order valence-electron chi connectivity index (χ2n) is 5.43. The van der Waals surface area contributed by atoms with Gasteiger partial charge in [-0.25, -0.2) is 0 Å². The van der Waals surface area contributed by atoms with E-state index in [1.54, 1.807) is 0 Å². The molecule has 3 rings (SSSR count). The fraction of sp³-hybridized carbons (Fsp3) is 0.200. The summed E-state index contributed by atoms with van der Waals surface area (Å²) in [6, 6.07) is 21.9. The molecule has 1 aliphatic carbocycles. The molecular weight excluding hydrogens is 367 g/mol. The highest BCUT2D eigenvalue weighted by Gasteiger charge is 2.36. The fourth-order valence-corrected chi connectivity index (χ4v) is 4.55. The second kappa shape index (κ2) is 6.61. The summed E-state index contributed by atoms with van der Waals surface area (Å²) in [7, 11) is 0. The zero-order valence-corrected chi connectivity index (χ0v) is 14.2. The molecule has 0 unspecified atom stereocenters. The SMILES string of the molecule is ICC(C1=CC=CCC1)(c1ccccc1)c1ccccc1. The molecule has 1 heteroatoms. The molecule has 0 aromatic heterocycles. The van der Waals surface area contributed by atoms with Crippen molar-refractivity contribution in [3.63, 3.8) is 0 Å². The van der Waals surface area contributed by atoms with Crippen molar-refractivity contribution in [1.82, 2.24) is 0 Å². The molecule has 106 valence electrons. The third-order valence-electron chi connectivity index (χ3n) is 4.30. The second-order valence-corrected chi connectivity index (χ2v) is 6.19. The van der Waals surface area contributed by atoms with Crippen molar-refractivity contribution < 1.29 is 0 Å². The lowest BCUT2D eigenvalue weighted by Crippen LogP contribution is -2.32. The van der Waals surface area contributed by atoms with E-state index in [4.69, 9.17) is 0 Å². The van der Waals surface area contributed by atoms with Crippen LogP contribution in [0.1, 0.15) is 24.0 Å². The van der Waals surface area contributed by atoms with Gasteiger partial charge in [-0.1, -0.05) is 107 Å². The number of alkyl halides is 1. The van der Waals surface area contributed by atoms with Crippen LogP contribution in [0.25, 0.3) is 0 Å². The Bertz CT molecular complexity index is 599. The van der Waals surface area contributed by atoms with Crippen LogP contribution in [-0.4, -0.2) is 4.43 Å². The van der Waals surface area contributed by atoms with Crippen LogP contribution in [0.4, 0.5) is 0 Å². The molecule has 0 saturated carbocycles. The summed E-state index contributed by atoms with van der Waals surface area (Å²) in [5, 5.41) is 0. The Morgan fingerprint density at radius 2 is 1.43 bits per heavy atom. The topological polar surface area (TPSA) is 0 Å². The minimum atomic E-state index is -0.00611. The minimum absolute atomic E-state index is 0.00611. The van der Waals surface area contributed by atoms with E-state index >= 15 is 0 Å². The van der Waals surface area contributed by atoms with Crippen LogP contribution < -0.4 is 0 Å². The van der Waals surface area contributed by atoms with Crippen LogP contribution in [0.3, 0.4) is 0 Å². The van der Waals surface area contributed by atoms with Gasteiger partial charge in [-0.15, -0.1) is 0 Å². The van der Waals surface area contributed by atoms with E-state index in [0.29, 0.717) is 0 Å². The molecule has 0 N–H and O–H groups in total. The van der Waals surface area contributed by atoms with Gasteiger partial charge in [-0.05, 0) is 24.0 Å². The molecule has 1 aliphatic rings. The van der Waals surface area contributed by atoms with Gasteiger partial charge in [0.15, 0.2) is 0 Å². The summed E-state index contributed by atoms with van der Waals surface area (Å²) in [6.45, 7) is 0. The zero-order chi connectivity index (χ0) is 14.5. The van der Waals surface area contributed by atoms with E-state index in [-0.39, 0.29) is 5.41 Å². The molecule has 0 aliphatic heterocycles. The first-order valence-corrected chi connectivity index (χ1v) is 8.93. The maximum absolute atomic E-state index is 2.55. The predicted octanol–water partition coefficient (Wildman–Crippen LogP) is 5.68. The van der Waals surface area contributed by atoms with Gasteiger partial charge >= 0.3 is 0 Å².